The van der Waals surface area contributed by atoms with Gasteiger partial charge < -0.3 is 10.5 Å². The summed E-state index contributed by atoms with van der Waals surface area (Å²) in [5.41, 5.74) is 5.54. The summed E-state index contributed by atoms with van der Waals surface area (Å²) in [5.74, 6) is -0.578. The monoisotopic (exact) mass is 310 g/mol. The molecule has 9 heteroatoms. The Morgan fingerprint density at radius 2 is 1.95 bits per heavy atom. The van der Waals surface area contributed by atoms with E-state index in [1.807, 2.05) is 0 Å². The van der Waals surface area contributed by atoms with Crippen LogP contribution in [0.3, 0.4) is 0 Å². The maximum atomic E-state index is 12.1. The molecule has 112 valence electrons. The Morgan fingerprint density at radius 3 is 2.50 bits per heavy atom. The summed E-state index contributed by atoms with van der Waals surface area (Å²) in [7, 11) is -3.87. The van der Waals surface area contributed by atoms with Crippen molar-refractivity contribution in [3.63, 3.8) is 0 Å². The highest BCUT2D eigenvalue weighted by atomic mass is 32.2. The number of hydrogen-bond acceptors (Lipinski definition) is 4. The Balaban J connectivity index is 2.13. The van der Waals surface area contributed by atoms with Crippen molar-refractivity contribution in [1.29, 1.82) is 0 Å². The van der Waals surface area contributed by atoms with E-state index in [2.05, 4.69) is 9.46 Å². The fraction of sp³-hybridized carbons (Fsp3) is 0.455. The second-order valence-electron chi connectivity index (χ2n) is 4.57. The van der Waals surface area contributed by atoms with Crippen LogP contribution in [-0.4, -0.2) is 26.9 Å². The lowest BCUT2D eigenvalue weighted by Crippen LogP contribution is -2.50. The van der Waals surface area contributed by atoms with Gasteiger partial charge in [0.25, 0.3) is 0 Å². The first-order valence-corrected chi connectivity index (χ1v) is 7.28. The van der Waals surface area contributed by atoms with Crippen LogP contribution in [0.25, 0.3) is 0 Å². The number of benzene rings is 1. The van der Waals surface area contributed by atoms with Crippen molar-refractivity contribution in [3.8, 4) is 5.75 Å². The largest absolute Gasteiger partial charge is 0.573 e. The van der Waals surface area contributed by atoms with Gasteiger partial charge >= 0.3 is 6.36 Å². The van der Waals surface area contributed by atoms with Gasteiger partial charge in [-0.1, -0.05) is 6.07 Å². The molecule has 3 N–H and O–H groups in total. The highest BCUT2D eigenvalue weighted by Crippen LogP contribution is 2.26. The van der Waals surface area contributed by atoms with Crippen LogP contribution < -0.4 is 15.2 Å². The summed E-state index contributed by atoms with van der Waals surface area (Å²) < 4.78 is 66.3. The van der Waals surface area contributed by atoms with Crippen LogP contribution >= 0.6 is 0 Å². The molecule has 0 aromatic heterocycles. The first-order valence-electron chi connectivity index (χ1n) is 5.79. The van der Waals surface area contributed by atoms with E-state index in [1.54, 1.807) is 0 Å². The summed E-state index contributed by atoms with van der Waals surface area (Å²) in [5, 5.41) is 0. The average Bonchev–Trinajstić information content (AvgIpc) is 2.24. The predicted octanol–water partition coefficient (Wildman–Crippen LogP) is 1.35. The molecule has 1 aliphatic carbocycles. The van der Waals surface area contributed by atoms with Crippen LogP contribution in [0.5, 0.6) is 5.75 Å². The van der Waals surface area contributed by atoms with Crippen molar-refractivity contribution in [2.75, 3.05) is 0 Å². The van der Waals surface area contributed by atoms with Gasteiger partial charge in [-0.3, -0.25) is 0 Å². The minimum atomic E-state index is -4.86. The second-order valence-corrected chi connectivity index (χ2v) is 6.29. The van der Waals surface area contributed by atoms with E-state index < -0.39 is 22.1 Å². The molecule has 1 aromatic carbocycles. The molecule has 20 heavy (non-hydrogen) atoms. The van der Waals surface area contributed by atoms with Gasteiger partial charge in [-0.05, 0) is 25.0 Å². The van der Waals surface area contributed by atoms with E-state index in [0.717, 1.165) is 12.1 Å². The third-order valence-electron chi connectivity index (χ3n) is 2.85. The normalized spacial score (nSPS) is 23.2. The number of nitrogens with two attached hydrogens (primary N) is 1. The highest BCUT2D eigenvalue weighted by Gasteiger charge is 2.33. The minimum absolute atomic E-state index is 0.0393. The molecule has 0 bridgehead atoms. The lowest BCUT2D eigenvalue weighted by atomic mass is 9.89. The van der Waals surface area contributed by atoms with Gasteiger partial charge in [-0.2, -0.15) is 0 Å². The van der Waals surface area contributed by atoms with Crippen LogP contribution in [0.15, 0.2) is 29.2 Å². The van der Waals surface area contributed by atoms with Crippen molar-refractivity contribution in [3.05, 3.63) is 24.3 Å². The van der Waals surface area contributed by atoms with Crippen LogP contribution in [0.2, 0.25) is 0 Å². The summed E-state index contributed by atoms with van der Waals surface area (Å²) in [6.07, 6.45) is -3.84. The molecule has 1 aromatic rings. The molecule has 2 rings (SSSR count). The van der Waals surface area contributed by atoms with Crippen molar-refractivity contribution in [1.82, 2.24) is 4.72 Å². The number of hydrogen-bond donors (Lipinski definition) is 2. The zero-order valence-corrected chi connectivity index (χ0v) is 11.0. The number of ether oxygens (including phenoxy) is 1. The molecule has 5 nitrogen and oxygen atoms in total. The molecular formula is C11H13F3N2O3S. The number of rotatable bonds is 4. The molecule has 0 saturated heterocycles. The first kappa shape index (κ1) is 15.1. The second kappa shape index (κ2) is 5.23. The maximum Gasteiger partial charge on any atom is 0.573 e. The Labute approximate surface area is 114 Å². The number of alkyl halides is 3. The zero-order chi connectivity index (χ0) is 15.0. The molecule has 0 aliphatic heterocycles. The third kappa shape index (κ3) is 3.84. The Hall–Kier alpha value is -1.32. The van der Waals surface area contributed by atoms with Crippen LogP contribution in [0, 0.1) is 0 Å². The molecule has 0 spiro atoms. The van der Waals surface area contributed by atoms with Crippen LogP contribution in [-0.2, 0) is 10.0 Å². The van der Waals surface area contributed by atoms with Gasteiger partial charge in [0.2, 0.25) is 10.0 Å². The summed E-state index contributed by atoms with van der Waals surface area (Å²) >= 11 is 0. The number of halogens is 3. The zero-order valence-electron chi connectivity index (χ0n) is 10.2. The van der Waals surface area contributed by atoms with Gasteiger partial charge in [0, 0.05) is 18.2 Å². The Bertz CT molecular complexity index is 583. The lowest BCUT2D eigenvalue weighted by molar-refractivity contribution is -0.274. The van der Waals surface area contributed by atoms with Crippen molar-refractivity contribution >= 4 is 10.0 Å². The standard InChI is InChI=1S/C11H13F3N2O3S/c12-11(13,14)19-9-2-1-3-10(6-9)20(17,18)16-8-4-7(15)5-8/h1-3,6-8,16H,4-5,15H2. The molecule has 0 heterocycles. The van der Waals surface area contributed by atoms with Crippen molar-refractivity contribution in [2.45, 2.75) is 36.2 Å². The van der Waals surface area contributed by atoms with E-state index in [4.69, 9.17) is 5.73 Å². The van der Waals surface area contributed by atoms with Crippen molar-refractivity contribution < 1.29 is 26.3 Å². The number of nitrogens with one attached hydrogen (secondary N) is 1. The molecule has 0 atom stereocenters. The predicted molar refractivity (Wildman–Crippen MR) is 64.4 cm³/mol. The number of sulfonamides is 1. The van der Waals surface area contributed by atoms with Gasteiger partial charge in [0.1, 0.15) is 5.75 Å². The SMILES string of the molecule is NC1CC(NS(=O)(=O)c2cccc(OC(F)(F)F)c2)C1. The molecule has 1 saturated carbocycles. The van der Waals surface area contributed by atoms with E-state index >= 15 is 0 Å². The van der Waals surface area contributed by atoms with E-state index in [-0.39, 0.29) is 17.0 Å². The average molecular weight is 310 g/mol. The maximum absolute atomic E-state index is 12.1. The Morgan fingerprint density at radius 1 is 1.30 bits per heavy atom. The molecule has 0 amide bonds. The smallest absolute Gasteiger partial charge is 0.406 e. The quantitative estimate of drug-likeness (QED) is 0.879. The summed E-state index contributed by atoms with van der Waals surface area (Å²) in [6.45, 7) is 0. The van der Waals surface area contributed by atoms with Gasteiger partial charge in [-0.15, -0.1) is 13.2 Å². The fourth-order valence-corrected chi connectivity index (χ4v) is 3.18. The van der Waals surface area contributed by atoms with Gasteiger partial charge in [0.15, 0.2) is 0 Å². The van der Waals surface area contributed by atoms with E-state index in [1.165, 1.54) is 12.1 Å². The third-order valence-corrected chi connectivity index (χ3v) is 4.36. The molecule has 1 fully saturated rings. The topological polar surface area (TPSA) is 81.4 Å². The lowest BCUT2D eigenvalue weighted by Gasteiger charge is -2.32. The highest BCUT2D eigenvalue weighted by molar-refractivity contribution is 7.89. The molecule has 1 aliphatic rings. The summed E-state index contributed by atoms with van der Waals surface area (Å²) in [4.78, 5) is -0.278. The first-order chi connectivity index (χ1) is 9.16. The van der Waals surface area contributed by atoms with E-state index in [0.29, 0.717) is 12.8 Å². The van der Waals surface area contributed by atoms with Gasteiger partial charge in [0.05, 0.1) is 4.90 Å². The molecule has 0 radical (unpaired) electrons. The van der Waals surface area contributed by atoms with Crippen molar-refractivity contribution in [2.24, 2.45) is 5.73 Å². The van der Waals surface area contributed by atoms with Gasteiger partial charge in [-0.25, -0.2) is 13.1 Å². The molecular weight excluding hydrogens is 297 g/mol. The summed E-state index contributed by atoms with van der Waals surface area (Å²) in [6, 6.07) is 3.93. The fourth-order valence-electron chi connectivity index (χ4n) is 1.88. The van der Waals surface area contributed by atoms with E-state index in [9.17, 15) is 21.6 Å². The Kier molecular flexibility index (Phi) is 3.94. The van der Waals surface area contributed by atoms with Crippen LogP contribution in [0.4, 0.5) is 13.2 Å². The minimum Gasteiger partial charge on any atom is -0.406 e. The van der Waals surface area contributed by atoms with Crippen LogP contribution in [0.1, 0.15) is 12.8 Å². The molecule has 0 unspecified atom stereocenters.